The molecule has 28 heavy (non-hydrogen) atoms. The van der Waals surface area contributed by atoms with Gasteiger partial charge < -0.3 is 15.0 Å². The highest BCUT2D eigenvalue weighted by Gasteiger charge is 2.23. The zero-order chi connectivity index (χ0) is 20.6. The minimum Gasteiger partial charge on any atom is -0.497 e. The molecule has 0 aromatic heterocycles. The number of rotatable bonds is 8. The third-order valence-corrected chi connectivity index (χ3v) is 5.50. The Balaban J connectivity index is 1.61. The lowest BCUT2D eigenvalue weighted by molar-refractivity contribution is -0.133. The van der Waals surface area contributed by atoms with Crippen molar-refractivity contribution >= 4 is 11.8 Å². The number of amides is 2. The predicted octanol–water partition coefficient (Wildman–Crippen LogP) is 3.81. The number of hydrogen-bond donors (Lipinski definition) is 1. The number of ether oxygens (including phenoxy) is 1. The van der Waals surface area contributed by atoms with Crippen LogP contribution in [0.4, 0.5) is 0 Å². The van der Waals surface area contributed by atoms with E-state index in [0.29, 0.717) is 25.3 Å². The molecule has 1 saturated heterocycles. The van der Waals surface area contributed by atoms with Crippen molar-refractivity contribution < 1.29 is 14.3 Å². The zero-order valence-electron chi connectivity index (χ0n) is 17.9. The van der Waals surface area contributed by atoms with Gasteiger partial charge in [-0.25, -0.2) is 0 Å². The number of benzene rings is 1. The highest BCUT2D eigenvalue weighted by atomic mass is 16.5. The molecule has 0 unspecified atom stereocenters. The van der Waals surface area contributed by atoms with Crippen LogP contribution in [-0.4, -0.2) is 43.5 Å². The number of carbonyl (C=O) groups excluding carboxylic acids is 2. The maximum Gasteiger partial charge on any atom is 0.225 e. The molecule has 2 amide bonds. The van der Waals surface area contributed by atoms with Crippen LogP contribution in [-0.2, 0) is 16.0 Å². The summed E-state index contributed by atoms with van der Waals surface area (Å²) in [5, 5.41) is 2.91. The molecule has 5 nitrogen and oxygen atoms in total. The van der Waals surface area contributed by atoms with Crippen LogP contribution in [0.2, 0.25) is 0 Å². The van der Waals surface area contributed by atoms with Crippen LogP contribution in [0.5, 0.6) is 5.75 Å². The fourth-order valence-corrected chi connectivity index (χ4v) is 3.50. The van der Waals surface area contributed by atoms with Crippen molar-refractivity contribution in [1.29, 1.82) is 0 Å². The van der Waals surface area contributed by atoms with Gasteiger partial charge in [0.25, 0.3) is 0 Å². The molecule has 2 rings (SSSR count). The zero-order valence-corrected chi connectivity index (χ0v) is 17.9. The Labute approximate surface area is 169 Å². The summed E-state index contributed by atoms with van der Waals surface area (Å²) < 4.78 is 5.20. The molecule has 1 aromatic carbocycles. The summed E-state index contributed by atoms with van der Waals surface area (Å²) in [7, 11) is 1.69. The lowest BCUT2D eigenvalue weighted by atomic mass is 9.90. The molecule has 1 N–H and O–H groups in total. The summed E-state index contributed by atoms with van der Waals surface area (Å²) in [6, 6.07) is 8.30. The summed E-state index contributed by atoms with van der Waals surface area (Å²) in [6.07, 6.45) is 5.65. The van der Waals surface area contributed by atoms with Crippen LogP contribution >= 0.6 is 0 Å². The molecule has 0 atom stereocenters. The van der Waals surface area contributed by atoms with E-state index < -0.39 is 0 Å². The molecular weight excluding hydrogens is 352 g/mol. The van der Waals surface area contributed by atoms with Gasteiger partial charge in [-0.2, -0.15) is 0 Å². The Hall–Kier alpha value is -2.04. The van der Waals surface area contributed by atoms with Crippen molar-refractivity contribution in [2.24, 2.45) is 11.3 Å². The third kappa shape index (κ3) is 7.17. The Morgan fingerprint density at radius 2 is 1.79 bits per heavy atom. The maximum absolute atomic E-state index is 12.4. The second-order valence-corrected chi connectivity index (χ2v) is 8.82. The molecule has 0 bridgehead atoms. The minimum absolute atomic E-state index is 0.0395. The van der Waals surface area contributed by atoms with Crippen LogP contribution < -0.4 is 10.1 Å². The molecule has 0 aliphatic carbocycles. The molecule has 156 valence electrons. The fraction of sp³-hybridized carbons (Fsp3) is 0.652. The topological polar surface area (TPSA) is 58.6 Å². The lowest BCUT2D eigenvalue weighted by Crippen LogP contribution is -2.39. The van der Waals surface area contributed by atoms with Crippen LogP contribution in [0.3, 0.4) is 0 Å². The number of carbonyl (C=O) groups is 2. The first-order valence-corrected chi connectivity index (χ1v) is 10.5. The first kappa shape index (κ1) is 22.3. The standard InChI is InChI=1S/C23H36N2O3/c1-23(2,3)22(27)24-15-5-6-21(26)25-16-13-19(14-17-25)8-7-18-9-11-20(28-4)12-10-18/h9-12,19H,5-8,13-17H2,1-4H3,(H,24,27). The second-order valence-electron chi connectivity index (χ2n) is 8.82. The highest BCUT2D eigenvalue weighted by Crippen LogP contribution is 2.23. The van der Waals surface area contributed by atoms with E-state index in [9.17, 15) is 9.59 Å². The van der Waals surface area contributed by atoms with E-state index in [2.05, 4.69) is 17.4 Å². The molecule has 1 aliphatic heterocycles. The van der Waals surface area contributed by atoms with Gasteiger partial charge in [0.1, 0.15) is 5.75 Å². The van der Waals surface area contributed by atoms with Crippen molar-refractivity contribution in [2.75, 3.05) is 26.7 Å². The van der Waals surface area contributed by atoms with Gasteiger partial charge in [0.2, 0.25) is 11.8 Å². The molecule has 1 aromatic rings. The third-order valence-electron chi connectivity index (χ3n) is 5.50. The highest BCUT2D eigenvalue weighted by molar-refractivity contribution is 5.81. The second kappa shape index (κ2) is 10.5. The largest absolute Gasteiger partial charge is 0.497 e. The van der Waals surface area contributed by atoms with Crippen LogP contribution in [0.1, 0.15) is 58.4 Å². The van der Waals surface area contributed by atoms with Crippen molar-refractivity contribution in [3.8, 4) is 5.75 Å². The van der Waals surface area contributed by atoms with Crippen molar-refractivity contribution in [1.82, 2.24) is 10.2 Å². The van der Waals surface area contributed by atoms with Gasteiger partial charge in [-0.15, -0.1) is 0 Å². The Bertz CT molecular complexity index is 626. The van der Waals surface area contributed by atoms with E-state index in [-0.39, 0.29) is 17.2 Å². The summed E-state index contributed by atoms with van der Waals surface area (Å²) in [5.41, 5.74) is 0.967. The normalized spacial score (nSPS) is 15.4. The van der Waals surface area contributed by atoms with Crippen molar-refractivity contribution in [2.45, 2.75) is 59.3 Å². The van der Waals surface area contributed by atoms with E-state index in [1.165, 1.54) is 12.0 Å². The van der Waals surface area contributed by atoms with Gasteiger partial charge in [-0.1, -0.05) is 32.9 Å². The number of likely N-dealkylation sites (tertiary alicyclic amines) is 1. The number of nitrogens with one attached hydrogen (secondary N) is 1. The van der Waals surface area contributed by atoms with E-state index in [1.54, 1.807) is 7.11 Å². The van der Waals surface area contributed by atoms with Crippen molar-refractivity contribution in [3.63, 3.8) is 0 Å². The number of methoxy groups -OCH3 is 1. The summed E-state index contributed by atoms with van der Waals surface area (Å²) in [6.45, 7) is 7.98. The molecule has 0 saturated carbocycles. The van der Waals surface area contributed by atoms with Crippen LogP contribution in [0.15, 0.2) is 24.3 Å². The van der Waals surface area contributed by atoms with Gasteiger partial charge >= 0.3 is 0 Å². The summed E-state index contributed by atoms with van der Waals surface area (Å²) in [4.78, 5) is 26.2. The number of aryl methyl sites for hydroxylation is 1. The maximum atomic E-state index is 12.4. The van der Waals surface area contributed by atoms with E-state index in [1.807, 2.05) is 37.8 Å². The van der Waals surface area contributed by atoms with Gasteiger partial charge in [-0.05, 0) is 55.7 Å². The molecule has 0 radical (unpaired) electrons. The van der Waals surface area contributed by atoms with Crippen LogP contribution in [0, 0.1) is 11.3 Å². The number of hydrogen-bond acceptors (Lipinski definition) is 3. The first-order valence-electron chi connectivity index (χ1n) is 10.5. The molecular formula is C23H36N2O3. The van der Waals surface area contributed by atoms with Gasteiger partial charge in [0.15, 0.2) is 0 Å². The molecule has 1 fully saturated rings. The fourth-order valence-electron chi connectivity index (χ4n) is 3.50. The van der Waals surface area contributed by atoms with Gasteiger partial charge in [-0.3, -0.25) is 9.59 Å². The average molecular weight is 389 g/mol. The molecule has 1 heterocycles. The average Bonchev–Trinajstić information content (AvgIpc) is 2.69. The van der Waals surface area contributed by atoms with Gasteiger partial charge in [0, 0.05) is 31.5 Å². The van der Waals surface area contributed by atoms with E-state index in [0.717, 1.165) is 38.1 Å². The Morgan fingerprint density at radius 1 is 1.14 bits per heavy atom. The molecule has 1 aliphatic rings. The summed E-state index contributed by atoms with van der Waals surface area (Å²) in [5.74, 6) is 1.85. The smallest absolute Gasteiger partial charge is 0.225 e. The monoisotopic (exact) mass is 388 g/mol. The van der Waals surface area contributed by atoms with Crippen molar-refractivity contribution in [3.05, 3.63) is 29.8 Å². The summed E-state index contributed by atoms with van der Waals surface area (Å²) >= 11 is 0. The predicted molar refractivity (Wildman–Crippen MR) is 112 cm³/mol. The van der Waals surface area contributed by atoms with Crippen LogP contribution in [0.25, 0.3) is 0 Å². The minimum atomic E-state index is -0.377. The first-order chi connectivity index (χ1) is 13.3. The van der Waals surface area contributed by atoms with Gasteiger partial charge in [0.05, 0.1) is 7.11 Å². The SMILES string of the molecule is COc1ccc(CCC2CCN(C(=O)CCCNC(=O)C(C)(C)C)CC2)cc1. The Kier molecular flexibility index (Phi) is 8.34. The van der Waals surface area contributed by atoms with E-state index in [4.69, 9.17) is 4.74 Å². The number of piperidine rings is 1. The Morgan fingerprint density at radius 3 is 2.36 bits per heavy atom. The molecule has 0 spiro atoms. The lowest BCUT2D eigenvalue weighted by Gasteiger charge is -2.32. The number of nitrogens with zero attached hydrogens (tertiary/aromatic N) is 1. The molecule has 5 heteroatoms. The quantitative estimate of drug-likeness (QED) is 0.689. The van der Waals surface area contributed by atoms with E-state index >= 15 is 0 Å².